The third-order valence-corrected chi connectivity index (χ3v) is 16.6. The molecule has 0 unspecified atom stereocenters. The highest BCUT2D eigenvalue weighted by Gasteiger charge is 2.36. The predicted molar refractivity (Wildman–Crippen MR) is 345 cm³/mol. The molecule has 3 aliphatic carbocycles. The molecule has 15 rings (SSSR count). The lowest BCUT2D eigenvalue weighted by Crippen LogP contribution is -2.14. The Balaban J connectivity index is 0.000000106. The van der Waals surface area contributed by atoms with Crippen molar-refractivity contribution in [1.82, 2.24) is 0 Å². The Morgan fingerprint density at radius 2 is 0.650 bits per heavy atom. The molecule has 0 radical (unpaired) electrons. The van der Waals surface area contributed by atoms with Crippen LogP contribution in [0.5, 0.6) is 0 Å². The highest BCUT2D eigenvalue weighted by Crippen LogP contribution is 2.50. The second-order valence-electron chi connectivity index (χ2n) is 23.3. The summed E-state index contributed by atoms with van der Waals surface area (Å²) in [5, 5.41) is 5.21. The van der Waals surface area contributed by atoms with Gasteiger partial charge in [0, 0.05) is 10.8 Å². The van der Waals surface area contributed by atoms with Crippen molar-refractivity contribution in [2.24, 2.45) is 0 Å². The molecule has 0 spiro atoms. The summed E-state index contributed by atoms with van der Waals surface area (Å²) in [6.07, 6.45) is 1.10. The standard InChI is InChI=1S/2C17H14.2C16H16.C14H12/c1-13-5-4-8-15(11-13)17-10-9-14-6-2-3-7-16(14)12-17;1-13-7-8-17-12-16(10-9-15(17)11-13)14-5-3-2-4-6-14;1-11-8-9-15-13(10-11)12-6-4-5-7-14(12)16(15,2)3;1-11-8-9-13-12-6-4-5-7-14(12)16(2,3)15(13)10-11;1-10-6-7-14-12(8-10)9-11-4-2-3-5-13(11)14/h2*2-12H,1H3;2*4-10H,1-3H3;2-8H,9H2,1H3. The van der Waals surface area contributed by atoms with Crippen molar-refractivity contribution in [2.75, 3.05) is 0 Å². The van der Waals surface area contributed by atoms with Crippen molar-refractivity contribution in [1.29, 1.82) is 0 Å². The van der Waals surface area contributed by atoms with Gasteiger partial charge in [-0.15, -0.1) is 0 Å². The van der Waals surface area contributed by atoms with E-state index in [1.165, 1.54) is 138 Å². The van der Waals surface area contributed by atoms with Gasteiger partial charge >= 0.3 is 0 Å². The summed E-state index contributed by atoms with van der Waals surface area (Å²) in [5.74, 6) is 0. The Morgan fingerprint density at radius 1 is 0.225 bits per heavy atom. The van der Waals surface area contributed by atoms with Crippen molar-refractivity contribution in [3.63, 3.8) is 0 Å². The Hall–Kier alpha value is -8.84. The average Bonchev–Trinajstić information content (AvgIpc) is 4.24. The molecule has 80 heavy (non-hydrogen) atoms. The maximum Gasteiger partial charge on any atom is 0.0158 e. The van der Waals surface area contributed by atoms with Crippen LogP contribution in [0.3, 0.4) is 0 Å². The molecule has 3 aliphatic rings. The Labute approximate surface area is 476 Å². The number of aryl methyl sites for hydroxylation is 5. The van der Waals surface area contributed by atoms with Crippen LogP contribution in [0, 0.1) is 34.6 Å². The van der Waals surface area contributed by atoms with E-state index in [0.717, 1.165) is 6.42 Å². The predicted octanol–water partition coefficient (Wildman–Crippen LogP) is 21.8. The normalized spacial score (nSPS) is 13.0. The summed E-state index contributed by atoms with van der Waals surface area (Å²) in [5.41, 5.74) is 29.3. The lowest BCUT2D eigenvalue weighted by atomic mass is 9.82. The number of rotatable bonds is 2. The van der Waals surface area contributed by atoms with Crippen LogP contribution in [0.1, 0.15) is 88.9 Å². The van der Waals surface area contributed by atoms with Gasteiger partial charge < -0.3 is 0 Å². The molecular formula is C80H72. The molecule has 0 heteroatoms. The summed E-state index contributed by atoms with van der Waals surface area (Å²) >= 11 is 0. The maximum absolute atomic E-state index is 2.33. The first kappa shape index (κ1) is 53.2. The number of hydrogen-bond acceptors (Lipinski definition) is 0. The fourth-order valence-corrected chi connectivity index (χ4v) is 12.3. The minimum Gasteiger partial charge on any atom is -0.0622 e. The van der Waals surface area contributed by atoms with Gasteiger partial charge in [-0.1, -0.05) is 304 Å². The van der Waals surface area contributed by atoms with E-state index in [2.05, 4.69) is 317 Å². The molecule has 0 aliphatic heterocycles. The second kappa shape index (κ2) is 22.5. The summed E-state index contributed by atoms with van der Waals surface area (Å²) < 4.78 is 0. The van der Waals surface area contributed by atoms with Gasteiger partial charge in [0.25, 0.3) is 0 Å². The number of hydrogen-bond donors (Lipinski definition) is 0. The smallest absolute Gasteiger partial charge is 0.0158 e. The number of benzene rings is 12. The molecule has 0 N–H and O–H groups in total. The van der Waals surface area contributed by atoms with E-state index < -0.39 is 0 Å². The molecule has 392 valence electrons. The van der Waals surface area contributed by atoms with E-state index in [1.54, 1.807) is 0 Å². The lowest BCUT2D eigenvalue weighted by molar-refractivity contribution is 0.660. The Bertz CT molecular complexity index is 4200. The van der Waals surface area contributed by atoms with Crippen molar-refractivity contribution in [2.45, 2.75) is 79.6 Å². The van der Waals surface area contributed by atoms with Gasteiger partial charge in [-0.2, -0.15) is 0 Å². The van der Waals surface area contributed by atoms with Crippen molar-refractivity contribution < 1.29 is 0 Å². The van der Waals surface area contributed by atoms with Gasteiger partial charge in [-0.25, -0.2) is 0 Å². The van der Waals surface area contributed by atoms with E-state index in [4.69, 9.17) is 0 Å². The van der Waals surface area contributed by atoms with Crippen LogP contribution in [0.4, 0.5) is 0 Å². The van der Waals surface area contributed by atoms with Gasteiger partial charge in [0.05, 0.1) is 0 Å². The monoisotopic (exact) mass is 1030 g/mol. The molecule has 0 bridgehead atoms. The zero-order valence-electron chi connectivity index (χ0n) is 48.0. The number of fused-ring (bicyclic) bond motifs is 11. The van der Waals surface area contributed by atoms with Crippen molar-refractivity contribution >= 4 is 21.5 Å². The van der Waals surface area contributed by atoms with Crippen LogP contribution in [-0.4, -0.2) is 0 Å². The van der Waals surface area contributed by atoms with E-state index in [-0.39, 0.29) is 10.8 Å². The topological polar surface area (TPSA) is 0 Å². The van der Waals surface area contributed by atoms with Gasteiger partial charge in [0.15, 0.2) is 0 Å². The minimum absolute atomic E-state index is 0.151. The van der Waals surface area contributed by atoms with Gasteiger partial charge in [-0.3, -0.25) is 0 Å². The average molecular weight is 1030 g/mol. The van der Waals surface area contributed by atoms with E-state index in [1.807, 2.05) is 6.07 Å². The fraction of sp³-hybridized carbons (Fsp3) is 0.150. The lowest BCUT2D eigenvalue weighted by Gasteiger charge is -2.21. The molecule has 0 aromatic heterocycles. The molecule has 0 saturated carbocycles. The van der Waals surface area contributed by atoms with Gasteiger partial charge in [0.2, 0.25) is 0 Å². The van der Waals surface area contributed by atoms with Crippen molar-refractivity contribution in [3.8, 4) is 55.6 Å². The first-order valence-electron chi connectivity index (χ1n) is 28.4. The third kappa shape index (κ3) is 11.0. The zero-order valence-corrected chi connectivity index (χ0v) is 48.0. The van der Waals surface area contributed by atoms with Crippen LogP contribution >= 0.6 is 0 Å². The van der Waals surface area contributed by atoms with Crippen LogP contribution < -0.4 is 0 Å². The summed E-state index contributed by atoms with van der Waals surface area (Å²) in [6.45, 7) is 20.0. The molecule has 0 amide bonds. The molecule has 0 fully saturated rings. The Kier molecular flexibility index (Phi) is 14.9. The highest BCUT2D eigenvalue weighted by atomic mass is 14.4. The van der Waals surface area contributed by atoms with E-state index in [0.29, 0.717) is 0 Å². The van der Waals surface area contributed by atoms with Gasteiger partial charge in [0.1, 0.15) is 0 Å². The fourth-order valence-electron chi connectivity index (χ4n) is 12.3. The molecule has 12 aromatic carbocycles. The summed E-state index contributed by atoms with van der Waals surface area (Å²) in [4.78, 5) is 0. The summed E-state index contributed by atoms with van der Waals surface area (Å²) in [7, 11) is 0. The minimum atomic E-state index is 0.151. The quantitative estimate of drug-likeness (QED) is 0.162. The molecular weight excluding hydrogens is 961 g/mol. The first-order chi connectivity index (χ1) is 38.7. The third-order valence-electron chi connectivity index (χ3n) is 16.6. The van der Waals surface area contributed by atoms with Crippen molar-refractivity contribution in [3.05, 3.63) is 322 Å². The first-order valence-corrected chi connectivity index (χ1v) is 28.4. The van der Waals surface area contributed by atoms with Crippen LogP contribution in [0.15, 0.2) is 261 Å². The van der Waals surface area contributed by atoms with E-state index in [9.17, 15) is 0 Å². The molecule has 12 aromatic rings. The maximum atomic E-state index is 2.33. The second-order valence-corrected chi connectivity index (χ2v) is 23.3. The molecule has 0 saturated heterocycles. The van der Waals surface area contributed by atoms with Crippen LogP contribution in [0.25, 0.3) is 77.2 Å². The van der Waals surface area contributed by atoms with E-state index >= 15 is 0 Å². The van der Waals surface area contributed by atoms with Gasteiger partial charge in [-0.05, 0) is 164 Å². The SMILES string of the molecule is Cc1ccc2c(c1)-c1ccccc1C2(C)C.Cc1ccc2c(c1)C(C)(C)c1ccccc1-2.Cc1ccc2c(c1)Cc1ccccc1-2.Cc1ccc2cc(-c3ccccc3)ccc2c1.Cc1cccc(-c2ccc3ccccc3c2)c1. The highest BCUT2D eigenvalue weighted by molar-refractivity contribution is 5.89. The molecule has 0 atom stereocenters. The molecule has 0 heterocycles. The van der Waals surface area contributed by atoms with Crippen LogP contribution in [-0.2, 0) is 17.3 Å². The van der Waals surface area contributed by atoms with Crippen LogP contribution in [0.2, 0.25) is 0 Å². The Morgan fingerprint density at radius 3 is 1.38 bits per heavy atom. The largest absolute Gasteiger partial charge is 0.0622 e. The molecule has 0 nitrogen and oxygen atoms in total. The zero-order chi connectivity index (χ0) is 55.5. The summed E-state index contributed by atoms with van der Waals surface area (Å²) in [6, 6.07) is 94.0.